The van der Waals surface area contributed by atoms with Crippen LogP contribution in [0.4, 0.5) is 13.2 Å². The van der Waals surface area contributed by atoms with Gasteiger partial charge in [0.2, 0.25) is 0 Å². The predicted molar refractivity (Wildman–Crippen MR) is 86.5 cm³/mol. The summed E-state index contributed by atoms with van der Waals surface area (Å²) in [5, 5.41) is 2.81. The molecule has 1 aliphatic rings. The summed E-state index contributed by atoms with van der Waals surface area (Å²) >= 11 is 0. The number of carbonyl (C=O) groups excluding carboxylic acids is 2. The van der Waals surface area contributed by atoms with Crippen molar-refractivity contribution in [3.05, 3.63) is 59.5 Å². The van der Waals surface area contributed by atoms with Crippen LogP contribution in [0.15, 0.2) is 47.1 Å². The van der Waals surface area contributed by atoms with Crippen LogP contribution < -0.4 is 5.32 Å². The molecule has 0 atom stereocenters. The Kier molecular flexibility index (Phi) is 5.01. The number of hydrogen-bond acceptors (Lipinski definition) is 3. The first kappa shape index (κ1) is 18.0. The second-order valence-electron chi connectivity index (χ2n) is 6.06. The van der Waals surface area contributed by atoms with E-state index in [1.54, 1.807) is 12.1 Å². The fraction of sp³-hybridized carbons (Fsp3) is 0.333. The molecule has 0 radical (unpaired) electrons. The Bertz CT molecular complexity index is 779. The Balaban J connectivity index is 1.62. The Morgan fingerprint density at radius 1 is 1.08 bits per heavy atom. The van der Waals surface area contributed by atoms with Gasteiger partial charge in [-0.15, -0.1) is 0 Å². The summed E-state index contributed by atoms with van der Waals surface area (Å²) in [6.07, 6.45) is -2.26. The monoisotopic (exact) mass is 366 g/mol. The van der Waals surface area contributed by atoms with E-state index in [1.807, 2.05) is 0 Å². The minimum Gasteiger partial charge on any atom is -0.459 e. The van der Waals surface area contributed by atoms with Crippen LogP contribution in [0.5, 0.6) is 0 Å². The lowest BCUT2D eigenvalue weighted by molar-refractivity contribution is -0.138. The molecule has 8 heteroatoms. The molecule has 0 unspecified atom stereocenters. The third kappa shape index (κ3) is 3.89. The van der Waals surface area contributed by atoms with Gasteiger partial charge in [-0.1, -0.05) is 12.1 Å². The molecule has 2 amide bonds. The maximum absolute atomic E-state index is 13.1. The second-order valence-corrected chi connectivity index (χ2v) is 6.06. The van der Waals surface area contributed by atoms with Crippen LogP contribution in [0.25, 0.3) is 0 Å². The highest BCUT2D eigenvalue weighted by Crippen LogP contribution is 2.32. The molecule has 0 saturated carbocycles. The van der Waals surface area contributed by atoms with E-state index < -0.39 is 17.6 Å². The van der Waals surface area contributed by atoms with Gasteiger partial charge in [0.1, 0.15) is 0 Å². The maximum atomic E-state index is 13.1. The van der Waals surface area contributed by atoms with E-state index in [9.17, 15) is 22.8 Å². The lowest BCUT2D eigenvalue weighted by Crippen LogP contribution is -2.46. The molecule has 138 valence electrons. The number of nitrogens with zero attached hydrogens (tertiary/aromatic N) is 1. The predicted octanol–water partition coefficient (Wildman–Crippen LogP) is 3.33. The van der Waals surface area contributed by atoms with Crippen LogP contribution >= 0.6 is 0 Å². The first-order valence-electron chi connectivity index (χ1n) is 8.16. The third-order valence-electron chi connectivity index (χ3n) is 4.33. The molecule has 1 N–H and O–H groups in total. The summed E-state index contributed by atoms with van der Waals surface area (Å²) in [5.74, 6) is -0.793. The number of hydrogen-bond donors (Lipinski definition) is 1. The van der Waals surface area contributed by atoms with Crippen molar-refractivity contribution < 1.29 is 27.2 Å². The zero-order valence-corrected chi connectivity index (χ0v) is 13.8. The van der Waals surface area contributed by atoms with Crippen molar-refractivity contribution in [3.63, 3.8) is 0 Å². The number of rotatable bonds is 3. The molecule has 1 aliphatic heterocycles. The molecule has 1 aromatic heterocycles. The summed E-state index contributed by atoms with van der Waals surface area (Å²) in [7, 11) is 0. The van der Waals surface area contributed by atoms with E-state index in [2.05, 4.69) is 5.32 Å². The van der Waals surface area contributed by atoms with E-state index in [4.69, 9.17) is 4.42 Å². The van der Waals surface area contributed by atoms with Gasteiger partial charge >= 0.3 is 6.18 Å². The minimum atomic E-state index is -4.58. The fourth-order valence-electron chi connectivity index (χ4n) is 2.98. The molecule has 3 rings (SSSR count). The number of benzene rings is 1. The molecule has 1 fully saturated rings. The Labute approximate surface area is 147 Å². The molecule has 1 saturated heterocycles. The van der Waals surface area contributed by atoms with E-state index in [-0.39, 0.29) is 36.4 Å². The lowest BCUT2D eigenvalue weighted by Gasteiger charge is -2.32. The highest BCUT2D eigenvalue weighted by atomic mass is 19.4. The average molecular weight is 366 g/mol. The number of amides is 2. The van der Waals surface area contributed by atoms with Gasteiger partial charge in [0.25, 0.3) is 11.8 Å². The summed E-state index contributed by atoms with van der Waals surface area (Å²) < 4.78 is 44.3. The zero-order valence-electron chi connectivity index (χ0n) is 13.8. The van der Waals surface area contributed by atoms with Gasteiger partial charge in [-0.2, -0.15) is 13.2 Å². The first-order valence-corrected chi connectivity index (χ1v) is 8.16. The van der Waals surface area contributed by atoms with Crippen LogP contribution in [-0.2, 0) is 6.18 Å². The highest BCUT2D eigenvalue weighted by molar-refractivity contribution is 5.96. The highest BCUT2D eigenvalue weighted by Gasteiger charge is 2.36. The smallest absolute Gasteiger partial charge is 0.417 e. The van der Waals surface area contributed by atoms with E-state index in [0.29, 0.717) is 12.8 Å². The minimum absolute atomic E-state index is 0.158. The number of halogens is 3. The summed E-state index contributed by atoms with van der Waals surface area (Å²) in [6.45, 7) is 0.544. The Morgan fingerprint density at radius 3 is 2.38 bits per heavy atom. The lowest BCUT2D eigenvalue weighted by atomic mass is 10.0. The Hall–Kier alpha value is -2.77. The van der Waals surface area contributed by atoms with Crippen molar-refractivity contribution in [1.29, 1.82) is 0 Å². The fourth-order valence-corrected chi connectivity index (χ4v) is 2.98. The zero-order chi connectivity index (χ0) is 18.7. The van der Waals surface area contributed by atoms with Gasteiger partial charge in [-0.25, -0.2) is 0 Å². The molecule has 0 aliphatic carbocycles. The molecule has 0 spiro atoms. The van der Waals surface area contributed by atoms with Gasteiger partial charge in [0.15, 0.2) is 5.76 Å². The number of nitrogens with one attached hydrogen (secondary N) is 1. The van der Waals surface area contributed by atoms with E-state index in [0.717, 1.165) is 6.07 Å². The third-order valence-corrected chi connectivity index (χ3v) is 4.33. The van der Waals surface area contributed by atoms with Crippen molar-refractivity contribution in [3.8, 4) is 0 Å². The standard InChI is InChI=1S/C18H17F3N2O3/c19-18(20,21)14-5-2-1-4-13(14)17(25)23-9-7-12(8-10-23)22-16(24)15-6-3-11-26-15/h1-6,11-12H,7-10H2,(H,22,24). The van der Waals surface area contributed by atoms with Gasteiger partial charge < -0.3 is 14.6 Å². The molecule has 26 heavy (non-hydrogen) atoms. The summed E-state index contributed by atoms with van der Waals surface area (Å²) in [5.41, 5.74) is -1.28. The van der Waals surface area contributed by atoms with Crippen molar-refractivity contribution in [2.45, 2.75) is 25.1 Å². The normalized spacial score (nSPS) is 15.7. The van der Waals surface area contributed by atoms with Gasteiger partial charge in [-0.3, -0.25) is 9.59 Å². The van der Waals surface area contributed by atoms with Crippen LogP contribution in [0.3, 0.4) is 0 Å². The average Bonchev–Trinajstić information content (AvgIpc) is 3.16. The molecule has 5 nitrogen and oxygen atoms in total. The number of alkyl halides is 3. The summed E-state index contributed by atoms with van der Waals surface area (Å²) in [4.78, 5) is 25.9. The van der Waals surface area contributed by atoms with Crippen LogP contribution in [0.2, 0.25) is 0 Å². The molecular formula is C18H17F3N2O3. The first-order chi connectivity index (χ1) is 12.4. The number of furan rings is 1. The van der Waals surface area contributed by atoms with Crippen molar-refractivity contribution in [2.24, 2.45) is 0 Å². The topological polar surface area (TPSA) is 62.6 Å². The Morgan fingerprint density at radius 2 is 1.77 bits per heavy atom. The van der Waals surface area contributed by atoms with Crippen molar-refractivity contribution in [1.82, 2.24) is 10.2 Å². The largest absolute Gasteiger partial charge is 0.459 e. The maximum Gasteiger partial charge on any atom is 0.417 e. The van der Waals surface area contributed by atoms with Crippen molar-refractivity contribution in [2.75, 3.05) is 13.1 Å². The number of likely N-dealkylation sites (tertiary alicyclic amines) is 1. The molecule has 1 aromatic carbocycles. The SMILES string of the molecule is O=C(NC1CCN(C(=O)c2ccccc2C(F)(F)F)CC1)c1ccco1. The van der Waals surface area contributed by atoms with Crippen LogP contribution in [0.1, 0.15) is 39.3 Å². The second kappa shape index (κ2) is 7.23. The van der Waals surface area contributed by atoms with Crippen LogP contribution in [0, 0.1) is 0 Å². The van der Waals surface area contributed by atoms with Crippen LogP contribution in [-0.4, -0.2) is 35.8 Å². The molecule has 2 aromatic rings. The molecular weight excluding hydrogens is 349 g/mol. The molecule has 2 heterocycles. The van der Waals surface area contributed by atoms with Crippen molar-refractivity contribution >= 4 is 11.8 Å². The number of carbonyl (C=O) groups is 2. The van der Waals surface area contributed by atoms with E-state index >= 15 is 0 Å². The number of piperidine rings is 1. The van der Waals surface area contributed by atoms with Gasteiger partial charge in [0, 0.05) is 19.1 Å². The van der Waals surface area contributed by atoms with E-state index in [1.165, 1.54) is 29.4 Å². The van der Waals surface area contributed by atoms with Gasteiger partial charge in [0.05, 0.1) is 17.4 Å². The molecule has 0 bridgehead atoms. The quantitative estimate of drug-likeness (QED) is 0.906. The van der Waals surface area contributed by atoms with Gasteiger partial charge in [-0.05, 0) is 37.1 Å². The summed E-state index contributed by atoms with van der Waals surface area (Å²) in [6, 6.07) is 7.76.